The van der Waals surface area contributed by atoms with E-state index in [1.165, 1.54) is 0 Å². The molecular formula is C19H21N3O3. The van der Waals surface area contributed by atoms with Crippen molar-refractivity contribution in [3.05, 3.63) is 59.7 Å². The van der Waals surface area contributed by atoms with Crippen LogP contribution in [0.25, 0.3) is 0 Å². The molecule has 0 aromatic heterocycles. The van der Waals surface area contributed by atoms with E-state index in [9.17, 15) is 14.7 Å². The van der Waals surface area contributed by atoms with Crippen molar-refractivity contribution in [2.45, 2.75) is 26.7 Å². The van der Waals surface area contributed by atoms with E-state index in [0.717, 1.165) is 12.0 Å². The highest BCUT2D eigenvalue weighted by atomic mass is 16.3. The Morgan fingerprint density at radius 1 is 1.00 bits per heavy atom. The third-order valence-electron chi connectivity index (χ3n) is 3.52. The van der Waals surface area contributed by atoms with Gasteiger partial charge in [-0.2, -0.15) is 5.10 Å². The lowest BCUT2D eigenvalue weighted by molar-refractivity contribution is -0.116. The van der Waals surface area contributed by atoms with Crippen molar-refractivity contribution in [3.63, 3.8) is 0 Å². The van der Waals surface area contributed by atoms with Gasteiger partial charge in [-0.15, -0.1) is 0 Å². The number of anilines is 1. The Morgan fingerprint density at radius 3 is 2.20 bits per heavy atom. The van der Waals surface area contributed by atoms with Crippen LogP contribution in [0.15, 0.2) is 53.6 Å². The molecule has 0 heterocycles. The largest absolute Gasteiger partial charge is 0.508 e. The second kappa shape index (κ2) is 8.63. The van der Waals surface area contributed by atoms with Crippen LogP contribution in [0.5, 0.6) is 5.75 Å². The molecular weight excluding hydrogens is 318 g/mol. The fraction of sp³-hybridized carbons (Fsp3) is 0.211. The lowest BCUT2D eigenvalue weighted by Gasteiger charge is -2.06. The number of phenols is 1. The third kappa shape index (κ3) is 5.46. The van der Waals surface area contributed by atoms with Crippen molar-refractivity contribution in [1.82, 2.24) is 5.43 Å². The van der Waals surface area contributed by atoms with Gasteiger partial charge in [-0.3, -0.25) is 9.59 Å². The Bertz CT molecular complexity index is 766. The first-order valence-electron chi connectivity index (χ1n) is 8.03. The molecule has 2 amide bonds. The zero-order chi connectivity index (χ0) is 18.2. The molecule has 0 unspecified atom stereocenters. The van der Waals surface area contributed by atoms with E-state index in [4.69, 9.17) is 0 Å². The minimum Gasteiger partial charge on any atom is -0.508 e. The molecule has 0 atom stereocenters. The Hall–Kier alpha value is -3.15. The van der Waals surface area contributed by atoms with Crippen LogP contribution in [0, 0.1) is 0 Å². The van der Waals surface area contributed by atoms with Gasteiger partial charge in [0, 0.05) is 17.7 Å². The molecule has 0 radical (unpaired) electrons. The quantitative estimate of drug-likeness (QED) is 0.557. The maximum Gasteiger partial charge on any atom is 0.271 e. The van der Waals surface area contributed by atoms with Gasteiger partial charge in [-0.05, 0) is 67.4 Å². The number of rotatable bonds is 6. The summed E-state index contributed by atoms with van der Waals surface area (Å²) in [5, 5.41) is 16.1. The summed E-state index contributed by atoms with van der Waals surface area (Å²) in [4.78, 5) is 23.7. The van der Waals surface area contributed by atoms with E-state index in [0.29, 0.717) is 23.4 Å². The van der Waals surface area contributed by atoms with Crippen LogP contribution in [0.3, 0.4) is 0 Å². The van der Waals surface area contributed by atoms with Crippen LogP contribution >= 0.6 is 0 Å². The molecule has 6 heteroatoms. The van der Waals surface area contributed by atoms with Gasteiger partial charge in [0.25, 0.3) is 5.91 Å². The van der Waals surface area contributed by atoms with Gasteiger partial charge >= 0.3 is 0 Å². The molecule has 0 saturated carbocycles. The van der Waals surface area contributed by atoms with Gasteiger partial charge in [0.1, 0.15) is 5.75 Å². The highest BCUT2D eigenvalue weighted by molar-refractivity contribution is 6.01. The number of aromatic hydroxyl groups is 1. The van der Waals surface area contributed by atoms with Crippen molar-refractivity contribution in [3.8, 4) is 5.75 Å². The van der Waals surface area contributed by atoms with E-state index in [1.54, 1.807) is 55.5 Å². The standard InChI is InChI=1S/C19H21N3O3/c1-3-4-18(24)20-16-9-5-15(6-10-16)19(25)22-21-13(2)14-7-11-17(23)12-8-14/h5-12,23H,3-4H2,1-2H3,(H,20,24)(H,22,25). The number of carbonyl (C=O) groups is 2. The maximum atomic E-state index is 12.1. The monoisotopic (exact) mass is 339 g/mol. The molecule has 0 aliphatic heterocycles. The first kappa shape index (κ1) is 18.2. The average molecular weight is 339 g/mol. The van der Waals surface area contributed by atoms with Crippen LogP contribution in [0.4, 0.5) is 5.69 Å². The molecule has 2 aromatic rings. The zero-order valence-corrected chi connectivity index (χ0v) is 14.2. The normalized spacial score (nSPS) is 11.0. The van der Waals surface area contributed by atoms with E-state index >= 15 is 0 Å². The lowest BCUT2D eigenvalue weighted by Crippen LogP contribution is -2.19. The van der Waals surface area contributed by atoms with Crippen molar-refractivity contribution in [2.75, 3.05) is 5.32 Å². The molecule has 0 saturated heterocycles. The Labute approximate surface area is 146 Å². The van der Waals surface area contributed by atoms with Gasteiger partial charge < -0.3 is 10.4 Å². The number of nitrogens with zero attached hydrogens (tertiary/aromatic N) is 1. The highest BCUT2D eigenvalue weighted by Gasteiger charge is 2.06. The topological polar surface area (TPSA) is 90.8 Å². The molecule has 0 spiro atoms. The van der Waals surface area contributed by atoms with E-state index < -0.39 is 0 Å². The van der Waals surface area contributed by atoms with Crippen LogP contribution < -0.4 is 10.7 Å². The fourth-order valence-corrected chi connectivity index (χ4v) is 2.12. The number of nitrogens with one attached hydrogen (secondary N) is 2. The zero-order valence-electron chi connectivity index (χ0n) is 14.2. The van der Waals surface area contributed by atoms with Crippen molar-refractivity contribution < 1.29 is 14.7 Å². The SMILES string of the molecule is CCCC(=O)Nc1ccc(C(=O)NN=C(C)c2ccc(O)cc2)cc1. The van der Waals surface area contributed by atoms with Crippen molar-refractivity contribution >= 4 is 23.2 Å². The summed E-state index contributed by atoms with van der Waals surface area (Å²) < 4.78 is 0. The number of benzene rings is 2. The summed E-state index contributed by atoms with van der Waals surface area (Å²) in [6.07, 6.45) is 1.25. The van der Waals surface area contributed by atoms with Gasteiger partial charge in [-0.1, -0.05) is 6.92 Å². The fourth-order valence-electron chi connectivity index (χ4n) is 2.12. The summed E-state index contributed by atoms with van der Waals surface area (Å²) in [6, 6.07) is 13.2. The molecule has 3 N–H and O–H groups in total. The van der Waals surface area contributed by atoms with Crippen molar-refractivity contribution in [1.29, 1.82) is 0 Å². The van der Waals surface area contributed by atoms with Crippen LogP contribution in [0.1, 0.15) is 42.6 Å². The van der Waals surface area contributed by atoms with Crippen LogP contribution in [-0.4, -0.2) is 22.6 Å². The van der Waals surface area contributed by atoms with Gasteiger partial charge in [0.15, 0.2) is 0 Å². The average Bonchev–Trinajstić information content (AvgIpc) is 2.61. The summed E-state index contributed by atoms with van der Waals surface area (Å²) in [6.45, 7) is 3.70. The molecule has 6 nitrogen and oxygen atoms in total. The minimum atomic E-state index is -0.343. The lowest BCUT2D eigenvalue weighted by atomic mass is 10.1. The van der Waals surface area contributed by atoms with Gasteiger partial charge in [0.05, 0.1) is 5.71 Å². The van der Waals surface area contributed by atoms with E-state index in [-0.39, 0.29) is 17.6 Å². The first-order valence-corrected chi connectivity index (χ1v) is 8.03. The number of hydrogen-bond donors (Lipinski definition) is 3. The van der Waals surface area contributed by atoms with Gasteiger partial charge in [0.2, 0.25) is 5.91 Å². The summed E-state index contributed by atoms with van der Waals surface area (Å²) in [5.74, 6) is -0.218. The number of phenolic OH excluding ortho intramolecular Hbond substituents is 1. The molecule has 0 aliphatic carbocycles. The molecule has 0 bridgehead atoms. The molecule has 25 heavy (non-hydrogen) atoms. The van der Waals surface area contributed by atoms with E-state index in [2.05, 4.69) is 15.8 Å². The van der Waals surface area contributed by atoms with Gasteiger partial charge in [-0.25, -0.2) is 5.43 Å². The number of amides is 2. The molecule has 0 aliphatic rings. The van der Waals surface area contributed by atoms with E-state index in [1.807, 2.05) is 6.92 Å². The predicted molar refractivity (Wildman–Crippen MR) is 97.8 cm³/mol. The Kier molecular flexibility index (Phi) is 6.28. The third-order valence-corrected chi connectivity index (χ3v) is 3.52. The maximum absolute atomic E-state index is 12.1. The second-order valence-electron chi connectivity index (χ2n) is 5.56. The summed E-state index contributed by atoms with van der Waals surface area (Å²) in [7, 11) is 0. The minimum absolute atomic E-state index is 0.0474. The predicted octanol–water partition coefficient (Wildman–Crippen LogP) is 3.28. The first-order chi connectivity index (χ1) is 12.0. The van der Waals surface area contributed by atoms with Crippen molar-refractivity contribution in [2.24, 2.45) is 5.10 Å². The number of hydrazone groups is 1. The Balaban J connectivity index is 1.97. The smallest absolute Gasteiger partial charge is 0.271 e. The highest BCUT2D eigenvalue weighted by Crippen LogP contribution is 2.12. The second-order valence-corrected chi connectivity index (χ2v) is 5.56. The number of hydrogen-bond acceptors (Lipinski definition) is 4. The molecule has 2 rings (SSSR count). The van der Waals surface area contributed by atoms with Crippen LogP contribution in [-0.2, 0) is 4.79 Å². The Morgan fingerprint density at radius 2 is 1.60 bits per heavy atom. The molecule has 130 valence electrons. The summed E-state index contributed by atoms with van der Waals surface area (Å²) in [5.41, 5.74) is 5.00. The molecule has 0 fully saturated rings. The molecule has 2 aromatic carbocycles. The summed E-state index contributed by atoms with van der Waals surface area (Å²) >= 11 is 0. The van der Waals surface area contributed by atoms with Crippen LogP contribution in [0.2, 0.25) is 0 Å². The number of carbonyl (C=O) groups excluding carboxylic acids is 2.